The smallest absolute Gasteiger partial charge is 1.00 e. The van der Waals surface area contributed by atoms with Crippen molar-refractivity contribution in [1.29, 1.82) is 0 Å². The fraction of sp³-hybridized carbons (Fsp3) is 0.800. The van der Waals surface area contributed by atoms with E-state index in [0.717, 1.165) is 6.42 Å². The molecule has 0 spiro atoms. The van der Waals surface area contributed by atoms with Crippen LogP contribution in [0, 0.1) is 6.92 Å². The summed E-state index contributed by atoms with van der Waals surface area (Å²) in [6.45, 7) is 5.50. The Morgan fingerprint density at radius 3 is 1.38 bits per heavy atom. The van der Waals surface area contributed by atoms with Crippen molar-refractivity contribution in [3.63, 3.8) is 0 Å². The van der Waals surface area contributed by atoms with Crippen molar-refractivity contribution < 1.29 is 24.0 Å². The minimum Gasteiger partial charge on any atom is -1.00 e. The van der Waals surface area contributed by atoms with Gasteiger partial charge in [-0.05, 0) is 0 Å². The second kappa shape index (κ2) is 39.4. The van der Waals surface area contributed by atoms with E-state index in [4.69, 9.17) is 0 Å². The fourth-order valence-corrected chi connectivity index (χ4v) is 0. The second-order valence-electron chi connectivity index (χ2n) is 0.947. The van der Waals surface area contributed by atoms with Gasteiger partial charge in [0.25, 0.3) is 0 Å². The van der Waals surface area contributed by atoms with Crippen LogP contribution in [0.4, 0.5) is 0 Å². The summed E-state index contributed by atoms with van der Waals surface area (Å²) in [5.74, 6) is 0. The van der Waals surface area contributed by atoms with Crippen LogP contribution in [0.5, 0.6) is 0 Å². The van der Waals surface area contributed by atoms with Gasteiger partial charge in [-0.25, -0.2) is 0 Å². The van der Waals surface area contributed by atoms with Crippen molar-refractivity contribution in [1.82, 2.24) is 0 Å². The van der Waals surface area contributed by atoms with Gasteiger partial charge in [-0.1, -0.05) is 6.92 Å². The molecule has 0 heterocycles. The maximum absolute atomic E-state index is 3.50. The minimum atomic E-state index is 0. The molecule has 0 rings (SSSR count). The Labute approximate surface area is 86.2 Å². The Morgan fingerprint density at radius 1 is 1.38 bits per heavy atom. The third-order valence-electron chi connectivity index (χ3n) is 0. The van der Waals surface area contributed by atoms with E-state index >= 15 is 0 Å². The van der Waals surface area contributed by atoms with Gasteiger partial charge in [0.1, 0.15) is 0 Å². The molecule has 0 aliphatic rings. The van der Waals surface area contributed by atoms with Gasteiger partial charge in [-0.3, -0.25) is 0 Å². The van der Waals surface area contributed by atoms with Crippen LogP contribution in [-0.4, -0.2) is 37.1 Å². The fourth-order valence-electron chi connectivity index (χ4n) is 0. The first-order chi connectivity index (χ1) is 2.83. The predicted octanol–water partition coefficient (Wildman–Crippen LogP) is -1.53. The van der Waals surface area contributed by atoms with E-state index in [1.165, 1.54) is 0 Å². The molecule has 0 aromatic rings. The van der Waals surface area contributed by atoms with Crippen LogP contribution in [0.2, 0.25) is 0 Å². The molecular weight excluding hydrogens is 225 g/mol. The summed E-state index contributed by atoms with van der Waals surface area (Å²) in [4.78, 5) is 0. The Balaban J connectivity index is -0.0000000160. The third kappa shape index (κ3) is 147. The minimum absolute atomic E-state index is 0. The average molecular weight is 238 g/mol. The van der Waals surface area contributed by atoms with Gasteiger partial charge in [0, 0.05) is 0 Å². The van der Waals surface area contributed by atoms with Gasteiger partial charge in [-0.2, -0.15) is 20.5 Å². The zero-order chi connectivity index (χ0) is 5.41. The second-order valence-corrected chi connectivity index (χ2v) is 0.947. The van der Waals surface area contributed by atoms with Crippen molar-refractivity contribution in [2.24, 2.45) is 0 Å². The molecule has 0 fully saturated rings. The molecule has 0 radical (unpaired) electrons. The number of nitrogens with zero attached hydrogens (tertiary/aromatic N) is 1. The molecule has 0 unspecified atom stereocenters. The van der Waals surface area contributed by atoms with E-state index in [1.54, 1.807) is 14.1 Å². The van der Waals surface area contributed by atoms with E-state index in [0.29, 0.717) is 0 Å². The molecule has 0 saturated carbocycles. The molecule has 0 saturated heterocycles. The van der Waals surface area contributed by atoms with E-state index in [1.807, 2.05) is 6.92 Å². The van der Waals surface area contributed by atoms with Crippen LogP contribution < -0.4 is 24.0 Å². The van der Waals surface area contributed by atoms with Gasteiger partial charge in [0.2, 0.25) is 0 Å². The van der Waals surface area contributed by atoms with E-state index in [9.17, 15) is 0 Å². The standard InChI is InChI=1S/C3H7.C2H6N.HI.Mg/c2*1-3-2;;/h1,3H2,2H3;1-2H3;1H;/q2*-1;;+2/p-1. The van der Waals surface area contributed by atoms with Crippen LogP contribution in [0.1, 0.15) is 13.3 Å². The average Bonchev–Trinajstić information content (AvgIpc) is 1.39. The summed E-state index contributed by atoms with van der Waals surface area (Å²) in [7, 11) is 3.50. The molecule has 0 aliphatic carbocycles. The Kier molecular flexibility index (Phi) is 112. The topological polar surface area (TPSA) is 14.1 Å². The summed E-state index contributed by atoms with van der Waals surface area (Å²) >= 11 is 0. The molecule has 1 nitrogen and oxygen atoms in total. The number of rotatable bonds is 0. The normalized spacial score (nSPS) is 4.50. The Bertz CT molecular complexity index is 14.4. The van der Waals surface area contributed by atoms with Crippen molar-refractivity contribution in [2.75, 3.05) is 14.1 Å². The maximum atomic E-state index is 3.50. The molecule has 0 amide bonds. The molecule has 0 bridgehead atoms. The van der Waals surface area contributed by atoms with Crippen molar-refractivity contribution in [3.8, 4) is 0 Å². The maximum Gasteiger partial charge on any atom is 2.00 e. The van der Waals surface area contributed by atoms with Crippen LogP contribution in [0.3, 0.4) is 0 Å². The molecule has 0 atom stereocenters. The molecule has 0 aromatic heterocycles. The first-order valence-electron chi connectivity index (χ1n) is 2.10. The van der Waals surface area contributed by atoms with Crippen molar-refractivity contribution in [3.05, 3.63) is 12.2 Å². The molecule has 0 N–H and O–H groups in total. The van der Waals surface area contributed by atoms with Crippen LogP contribution in [0.25, 0.3) is 5.32 Å². The molecule has 0 aliphatic heterocycles. The van der Waals surface area contributed by atoms with Gasteiger partial charge in [-0.15, -0.1) is 0 Å². The number of halogens is 1. The van der Waals surface area contributed by atoms with Gasteiger partial charge in [0.05, 0.1) is 0 Å². The Morgan fingerprint density at radius 2 is 1.38 bits per heavy atom. The summed E-state index contributed by atoms with van der Waals surface area (Å²) in [5, 5.41) is 3.50. The molecule has 0 aromatic carbocycles. The van der Waals surface area contributed by atoms with Gasteiger partial charge in [0.15, 0.2) is 0 Å². The summed E-state index contributed by atoms with van der Waals surface area (Å²) in [6.07, 6.45) is 1.00. The largest absolute Gasteiger partial charge is 2.00 e. The molecule has 8 heavy (non-hydrogen) atoms. The first kappa shape index (κ1) is 22.7. The number of hydrogen-bond acceptors (Lipinski definition) is 0. The van der Waals surface area contributed by atoms with Crippen LogP contribution in [-0.2, 0) is 0 Å². The zero-order valence-corrected chi connectivity index (χ0v) is 9.52. The summed E-state index contributed by atoms with van der Waals surface area (Å²) in [5.41, 5.74) is 0. The zero-order valence-electron chi connectivity index (χ0n) is 5.95. The number of hydrogen-bond donors (Lipinski definition) is 0. The van der Waals surface area contributed by atoms with Gasteiger partial charge >= 0.3 is 23.1 Å². The predicted molar refractivity (Wildman–Crippen MR) is 36.6 cm³/mol. The molecule has 48 valence electrons. The molecule has 3 heteroatoms. The van der Waals surface area contributed by atoms with Crippen molar-refractivity contribution >= 4 is 23.1 Å². The molecular formula is C5H13IMgN-. The SMILES string of the molecule is C[N-]C.[CH2-]CC.[I-].[Mg+2]. The van der Waals surface area contributed by atoms with Crippen LogP contribution >= 0.6 is 0 Å². The van der Waals surface area contributed by atoms with Crippen molar-refractivity contribution in [2.45, 2.75) is 13.3 Å². The first-order valence-corrected chi connectivity index (χ1v) is 2.10. The summed E-state index contributed by atoms with van der Waals surface area (Å²) < 4.78 is 0. The third-order valence-corrected chi connectivity index (χ3v) is 0. The van der Waals surface area contributed by atoms with E-state index in [-0.39, 0.29) is 47.0 Å². The Hall–Kier alpha value is 1.46. The van der Waals surface area contributed by atoms with E-state index in [2.05, 4.69) is 12.2 Å². The monoisotopic (exact) mass is 238 g/mol. The van der Waals surface area contributed by atoms with Gasteiger partial charge < -0.3 is 36.2 Å². The summed E-state index contributed by atoms with van der Waals surface area (Å²) in [6, 6.07) is 0. The van der Waals surface area contributed by atoms with E-state index < -0.39 is 0 Å². The quantitative estimate of drug-likeness (QED) is 0.276. The van der Waals surface area contributed by atoms with Crippen LogP contribution in [0.15, 0.2) is 0 Å².